The summed E-state index contributed by atoms with van der Waals surface area (Å²) in [4.78, 5) is 15.5. The van der Waals surface area contributed by atoms with Crippen LogP contribution in [0.25, 0.3) is 6.08 Å². The molecule has 1 aromatic rings. The van der Waals surface area contributed by atoms with Crippen molar-refractivity contribution in [2.75, 3.05) is 19.8 Å². The quantitative estimate of drug-likeness (QED) is 0.770. The minimum atomic E-state index is -0.222. The van der Waals surface area contributed by atoms with Crippen LogP contribution in [-0.4, -0.2) is 36.1 Å². The fourth-order valence-corrected chi connectivity index (χ4v) is 2.81. The second-order valence-corrected chi connectivity index (χ2v) is 6.14. The minimum absolute atomic E-state index is 0.108. The van der Waals surface area contributed by atoms with E-state index in [2.05, 4.69) is 0 Å². The van der Waals surface area contributed by atoms with Gasteiger partial charge in [0.2, 0.25) is 5.91 Å². The summed E-state index contributed by atoms with van der Waals surface area (Å²) in [5.41, 5.74) is 0.562. The van der Waals surface area contributed by atoms with E-state index in [9.17, 15) is 4.79 Å². The molecule has 4 heteroatoms. The van der Waals surface area contributed by atoms with Crippen molar-refractivity contribution >= 4 is 23.3 Å². The molecule has 1 fully saturated rings. The molecule has 1 aromatic heterocycles. The van der Waals surface area contributed by atoms with Crippen molar-refractivity contribution in [3.05, 3.63) is 28.0 Å². The van der Waals surface area contributed by atoms with E-state index in [1.165, 1.54) is 0 Å². The monoisotopic (exact) mass is 265 g/mol. The number of morpholine rings is 1. The van der Waals surface area contributed by atoms with E-state index in [0.29, 0.717) is 19.8 Å². The fourth-order valence-electron chi connectivity index (χ4n) is 2.10. The molecule has 98 valence electrons. The lowest BCUT2D eigenvalue weighted by Gasteiger charge is -2.42. The maximum absolute atomic E-state index is 12.4. The van der Waals surface area contributed by atoms with Crippen molar-refractivity contribution in [1.29, 1.82) is 0 Å². The van der Waals surface area contributed by atoms with E-state index < -0.39 is 0 Å². The first-order chi connectivity index (χ1) is 8.50. The summed E-state index contributed by atoms with van der Waals surface area (Å²) in [6.07, 6.45) is 1.96. The third-order valence-electron chi connectivity index (χ3n) is 3.13. The van der Waals surface area contributed by atoms with Crippen molar-refractivity contribution in [3.63, 3.8) is 0 Å². The number of carbonyl (C=O) groups is 1. The van der Waals surface area contributed by atoms with E-state index in [4.69, 9.17) is 4.74 Å². The van der Waals surface area contributed by atoms with Crippen molar-refractivity contribution in [2.45, 2.75) is 26.3 Å². The van der Waals surface area contributed by atoms with Crippen LogP contribution in [-0.2, 0) is 9.53 Å². The molecular formula is C14H19NO2S. The van der Waals surface area contributed by atoms with E-state index in [0.717, 1.165) is 10.5 Å². The Kier molecular flexibility index (Phi) is 3.88. The third kappa shape index (κ3) is 2.82. The van der Waals surface area contributed by atoms with Gasteiger partial charge >= 0.3 is 0 Å². The summed E-state index contributed by atoms with van der Waals surface area (Å²) < 4.78 is 5.44. The summed E-state index contributed by atoms with van der Waals surface area (Å²) in [7, 11) is 0. The Balaban J connectivity index is 2.15. The highest BCUT2D eigenvalue weighted by atomic mass is 32.1. The second-order valence-electron chi connectivity index (χ2n) is 5.16. The van der Waals surface area contributed by atoms with E-state index in [1.54, 1.807) is 11.3 Å². The normalized spacial score (nSPS) is 19.9. The smallest absolute Gasteiger partial charge is 0.250 e. The molecule has 0 atom stereocenters. The molecule has 0 saturated carbocycles. The van der Waals surface area contributed by atoms with Crippen LogP contribution < -0.4 is 0 Å². The SMILES string of the molecule is C/C(=C\c1cccs1)C(=O)N1CCOCC1(C)C. The van der Waals surface area contributed by atoms with Crippen molar-refractivity contribution in [2.24, 2.45) is 0 Å². The maximum Gasteiger partial charge on any atom is 0.250 e. The van der Waals surface area contributed by atoms with Gasteiger partial charge in [-0.1, -0.05) is 6.07 Å². The summed E-state index contributed by atoms with van der Waals surface area (Å²) in [6.45, 7) is 7.87. The number of nitrogens with zero attached hydrogens (tertiary/aromatic N) is 1. The topological polar surface area (TPSA) is 29.5 Å². The first-order valence-electron chi connectivity index (χ1n) is 6.12. The molecule has 0 spiro atoms. The lowest BCUT2D eigenvalue weighted by molar-refractivity contribution is -0.141. The van der Waals surface area contributed by atoms with Gasteiger partial charge in [-0.15, -0.1) is 11.3 Å². The summed E-state index contributed by atoms with van der Waals surface area (Å²) in [5, 5.41) is 2.02. The molecule has 1 saturated heterocycles. The highest BCUT2D eigenvalue weighted by Crippen LogP contribution is 2.22. The number of ether oxygens (including phenoxy) is 1. The van der Waals surface area contributed by atoms with E-state index in [1.807, 2.05) is 49.3 Å². The number of hydrogen-bond acceptors (Lipinski definition) is 3. The van der Waals surface area contributed by atoms with Gasteiger partial charge in [0.15, 0.2) is 0 Å². The number of thiophene rings is 1. The molecule has 0 radical (unpaired) electrons. The maximum atomic E-state index is 12.4. The summed E-state index contributed by atoms with van der Waals surface area (Å²) >= 11 is 1.64. The van der Waals surface area contributed by atoms with E-state index in [-0.39, 0.29) is 11.4 Å². The second kappa shape index (κ2) is 5.24. The van der Waals surface area contributed by atoms with Crippen molar-refractivity contribution in [1.82, 2.24) is 4.90 Å². The van der Waals surface area contributed by atoms with Crippen LogP contribution in [0.1, 0.15) is 25.6 Å². The summed E-state index contributed by atoms with van der Waals surface area (Å²) in [5.74, 6) is 0.108. The Hall–Kier alpha value is -1.13. The van der Waals surface area contributed by atoms with Gasteiger partial charge in [-0.2, -0.15) is 0 Å². The highest BCUT2D eigenvalue weighted by Gasteiger charge is 2.34. The molecule has 1 aliphatic rings. The Morgan fingerprint density at radius 3 is 2.94 bits per heavy atom. The molecule has 0 bridgehead atoms. The molecule has 2 heterocycles. The predicted octanol–water partition coefficient (Wildman–Crippen LogP) is 2.79. The highest BCUT2D eigenvalue weighted by molar-refractivity contribution is 7.10. The minimum Gasteiger partial charge on any atom is -0.377 e. The van der Waals surface area contributed by atoms with Gasteiger partial charge in [-0.3, -0.25) is 4.79 Å². The molecule has 1 aliphatic heterocycles. The number of carbonyl (C=O) groups excluding carboxylic acids is 1. The standard InChI is InChI=1S/C14H19NO2S/c1-11(9-12-5-4-8-18-12)13(16)15-6-7-17-10-14(15,2)3/h4-5,8-9H,6-7,10H2,1-3H3/b11-9+. The first-order valence-corrected chi connectivity index (χ1v) is 7.00. The van der Waals surface area contributed by atoms with Gasteiger partial charge in [0.05, 0.1) is 18.8 Å². The Morgan fingerprint density at radius 1 is 1.56 bits per heavy atom. The molecule has 0 aliphatic carbocycles. The Morgan fingerprint density at radius 2 is 2.33 bits per heavy atom. The Bertz CT molecular complexity index is 448. The van der Waals surface area contributed by atoms with Crippen LogP contribution in [0.3, 0.4) is 0 Å². The molecule has 2 rings (SSSR count). The van der Waals surface area contributed by atoms with Crippen LogP contribution in [0.15, 0.2) is 23.1 Å². The van der Waals surface area contributed by atoms with Crippen LogP contribution >= 0.6 is 11.3 Å². The molecule has 18 heavy (non-hydrogen) atoms. The zero-order valence-corrected chi connectivity index (χ0v) is 11.9. The zero-order chi connectivity index (χ0) is 13.2. The molecule has 0 aromatic carbocycles. The van der Waals surface area contributed by atoms with Crippen molar-refractivity contribution < 1.29 is 9.53 Å². The first kappa shape index (κ1) is 13.3. The van der Waals surface area contributed by atoms with Crippen LogP contribution in [0.4, 0.5) is 0 Å². The van der Waals surface area contributed by atoms with Gasteiger partial charge in [-0.05, 0) is 38.3 Å². The summed E-state index contributed by atoms with van der Waals surface area (Å²) in [6, 6.07) is 4.01. The van der Waals surface area contributed by atoms with Gasteiger partial charge in [0.25, 0.3) is 0 Å². The van der Waals surface area contributed by atoms with Gasteiger partial charge in [-0.25, -0.2) is 0 Å². The third-order valence-corrected chi connectivity index (χ3v) is 3.95. The molecule has 1 amide bonds. The van der Waals surface area contributed by atoms with E-state index >= 15 is 0 Å². The van der Waals surface area contributed by atoms with Crippen LogP contribution in [0, 0.1) is 0 Å². The molecular weight excluding hydrogens is 246 g/mol. The molecule has 0 unspecified atom stereocenters. The van der Waals surface area contributed by atoms with Gasteiger partial charge in [0.1, 0.15) is 0 Å². The molecule has 3 nitrogen and oxygen atoms in total. The lowest BCUT2D eigenvalue weighted by atomic mass is 10.0. The Labute approximate surface area is 112 Å². The van der Waals surface area contributed by atoms with Gasteiger partial charge in [0, 0.05) is 17.0 Å². The van der Waals surface area contributed by atoms with Crippen LogP contribution in [0.5, 0.6) is 0 Å². The van der Waals surface area contributed by atoms with Crippen molar-refractivity contribution in [3.8, 4) is 0 Å². The average Bonchev–Trinajstić information content (AvgIpc) is 2.80. The lowest BCUT2D eigenvalue weighted by Crippen LogP contribution is -2.55. The zero-order valence-electron chi connectivity index (χ0n) is 11.1. The van der Waals surface area contributed by atoms with Gasteiger partial charge < -0.3 is 9.64 Å². The average molecular weight is 265 g/mol. The molecule has 0 N–H and O–H groups in total. The number of rotatable bonds is 2. The fraction of sp³-hybridized carbons (Fsp3) is 0.500. The largest absolute Gasteiger partial charge is 0.377 e. The number of hydrogen-bond donors (Lipinski definition) is 0. The van der Waals surface area contributed by atoms with Crippen LogP contribution in [0.2, 0.25) is 0 Å². The predicted molar refractivity (Wildman–Crippen MR) is 74.6 cm³/mol. The number of amides is 1.